The van der Waals surface area contributed by atoms with E-state index in [1.165, 1.54) is 0 Å². The maximum Gasteiger partial charge on any atom is 0.255 e. The Labute approximate surface area is 236 Å². The number of aromatic nitrogens is 1. The fourth-order valence-electron chi connectivity index (χ4n) is 4.41. The van der Waals surface area contributed by atoms with Gasteiger partial charge in [0.2, 0.25) is 0 Å². The third-order valence-electron chi connectivity index (χ3n) is 6.55. The number of hydrogen-bond acceptors (Lipinski definition) is 8. The van der Waals surface area contributed by atoms with Crippen molar-refractivity contribution in [1.29, 1.82) is 0 Å². The average Bonchev–Trinajstić information content (AvgIpc) is 3.39. The number of methoxy groups -OCH3 is 2. The second-order valence-corrected chi connectivity index (χ2v) is 10.3. The Hall–Kier alpha value is -4.60. The van der Waals surface area contributed by atoms with Gasteiger partial charge in [-0.25, -0.2) is 4.98 Å². The summed E-state index contributed by atoms with van der Waals surface area (Å²) in [6, 6.07) is 24.5. The molecule has 0 aliphatic heterocycles. The van der Waals surface area contributed by atoms with Gasteiger partial charge in [0, 0.05) is 17.7 Å². The summed E-state index contributed by atoms with van der Waals surface area (Å²) in [6.07, 6.45) is -0.714. The zero-order valence-corrected chi connectivity index (χ0v) is 23.2. The number of amides is 1. The normalized spacial score (nSPS) is 11.7. The standard InChI is InChI=1S/C31H30N4O4S/c1-18(36)23-14-22(16-27(38-2)29(23)39-3)21-12-13-28-26(15-21)35-31(40-28)33-17-19-8-10-20(11-9-19)30(37)34-25-7-5-4-6-24(25)32/h4-16,18,36H,17,32H2,1-3H3,(H,33,35)(H,34,37). The topological polar surface area (TPSA) is 119 Å². The molecule has 0 aliphatic carbocycles. The first kappa shape index (κ1) is 27.0. The van der Waals surface area contributed by atoms with Gasteiger partial charge in [-0.1, -0.05) is 41.7 Å². The van der Waals surface area contributed by atoms with E-state index in [1.807, 2.05) is 54.6 Å². The van der Waals surface area contributed by atoms with E-state index in [0.29, 0.717) is 40.5 Å². The van der Waals surface area contributed by atoms with Crippen molar-refractivity contribution < 1.29 is 19.4 Å². The number of aliphatic hydroxyl groups is 1. The number of anilines is 3. The fourth-order valence-corrected chi connectivity index (χ4v) is 5.25. The molecular weight excluding hydrogens is 524 g/mol. The van der Waals surface area contributed by atoms with Gasteiger partial charge >= 0.3 is 0 Å². The number of rotatable bonds is 9. The van der Waals surface area contributed by atoms with E-state index in [2.05, 4.69) is 10.6 Å². The third-order valence-corrected chi connectivity index (χ3v) is 7.54. The van der Waals surface area contributed by atoms with Crippen molar-refractivity contribution >= 4 is 44.0 Å². The van der Waals surface area contributed by atoms with E-state index in [4.69, 9.17) is 20.2 Å². The highest BCUT2D eigenvalue weighted by molar-refractivity contribution is 7.22. The van der Waals surface area contributed by atoms with Gasteiger partial charge in [-0.2, -0.15) is 0 Å². The minimum Gasteiger partial charge on any atom is -0.493 e. The fraction of sp³-hybridized carbons (Fsp3) is 0.161. The van der Waals surface area contributed by atoms with Crippen LogP contribution in [0.1, 0.15) is 34.5 Å². The second kappa shape index (κ2) is 11.6. The zero-order chi connectivity index (χ0) is 28.2. The summed E-state index contributed by atoms with van der Waals surface area (Å²) in [5, 5.41) is 17.3. The molecule has 5 N–H and O–H groups in total. The highest BCUT2D eigenvalue weighted by atomic mass is 32.1. The van der Waals surface area contributed by atoms with Gasteiger partial charge in [0.05, 0.1) is 41.9 Å². The van der Waals surface area contributed by atoms with Crippen LogP contribution in [0.15, 0.2) is 78.9 Å². The quantitative estimate of drug-likeness (QED) is 0.154. The molecule has 0 radical (unpaired) electrons. The first-order valence-electron chi connectivity index (χ1n) is 12.7. The summed E-state index contributed by atoms with van der Waals surface area (Å²) >= 11 is 1.57. The lowest BCUT2D eigenvalue weighted by Gasteiger charge is -2.17. The highest BCUT2D eigenvalue weighted by Crippen LogP contribution is 2.40. The molecule has 8 nitrogen and oxygen atoms in total. The first-order valence-corrected chi connectivity index (χ1v) is 13.5. The van der Waals surface area contributed by atoms with Crippen LogP contribution in [0, 0.1) is 0 Å². The van der Waals surface area contributed by atoms with Crippen LogP contribution in [0.4, 0.5) is 16.5 Å². The molecule has 204 valence electrons. The van der Waals surface area contributed by atoms with Crippen LogP contribution in [-0.4, -0.2) is 30.2 Å². The Morgan fingerprint density at radius 1 is 1.00 bits per heavy atom. The number of thiazole rings is 1. The SMILES string of the molecule is COc1cc(-c2ccc3sc(NCc4ccc(C(=O)Nc5ccccc5N)cc4)nc3c2)cc(C(C)O)c1OC. The minimum atomic E-state index is -0.714. The number of nitrogens with one attached hydrogen (secondary N) is 2. The Morgan fingerprint density at radius 3 is 2.48 bits per heavy atom. The number of carbonyl (C=O) groups is 1. The predicted octanol–water partition coefficient (Wildman–Crippen LogP) is 6.48. The molecule has 5 rings (SSSR count). The van der Waals surface area contributed by atoms with E-state index in [9.17, 15) is 9.90 Å². The molecule has 1 atom stereocenters. The summed E-state index contributed by atoms with van der Waals surface area (Å²) in [5.41, 5.74) is 12.0. The predicted molar refractivity (Wildman–Crippen MR) is 161 cm³/mol. The monoisotopic (exact) mass is 554 g/mol. The molecule has 40 heavy (non-hydrogen) atoms. The van der Waals surface area contributed by atoms with Crippen LogP contribution in [-0.2, 0) is 6.54 Å². The summed E-state index contributed by atoms with van der Waals surface area (Å²) in [4.78, 5) is 17.4. The second-order valence-electron chi connectivity index (χ2n) is 9.27. The number of fused-ring (bicyclic) bond motifs is 1. The van der Waals surface area contributed by atoms with E-state index in [1.54, 1.807) is 56.7 Å². The van der Waals surface area contributed by atoms with Crippen LogP contribution < -0.4 is 25.8 Å². The van der Waals surface area contributed by atoms with E-state index < -0.39 is 6.10 Å². The summed E-state index contributed by atoms with van der Waals surface area (Å²) < 4.78 is 12.0. The van der Waals surface area contributed by atoms with Gasteiger partial charge in [0.25, 0.3) is 5.91 Å². The van der Waals surface area contributed by atoms with Gasteiger partial charge in [0.15, 0.2) is 16.6 Å². The zero-order valence-electron chi connectivity index (χ0n) is 22.4. The largest absolute Gasteiger partial charge is 0.493 e. The van der Waals surface area contributed by atoms with Gasteiger partial charge in [-0.15, -0.1) is 0 Å². The Morgan fingerprint density at radius 2 is 1.77 bits per heavy atom. The number of carbonyl (C=O) groups excluding carboxylic acids is 1. The van der Waals surface area contributed by atoms with Crippen molar-refractivity contribution in [2.45, 2.75) is 19.6 Å². The summed E-state index contributed by atoms with van der Waals surface area (Å²) in [7, 11) is 3.14. The molecule has 4 aromatic carbocycles. The molecule has 0 saturated heterocycles. The van der Waals surface area contributed by atoms with E-state index >= 15 is 0 Å². The number of aliphatic hydroxyl groups excluding tert-OH is 1. The summed E-state index contributed by atoms with van der Waals surface area (Å²) in [6.45, 7) is 2.26. The molecule has 1 aromatic heterocycles. The number of nitrogens with zero attached hydrogens (tertiary/aromatic N) is 1. The van der Waals surface area contributed by atoms with Crippen molar-refractivity contribution in [2.24, 2.45) is 0 Å². The molecule has 0 saturated carbocycles. The highest BCUT2D eigenvalue weighted by Gasteiger charge is 2.17. The van der Waals surface area contributed by atoms with Crippen molar-refractivity contribution in [3.8, 4) is 22.6 Å². The van der Waals surface area contributed by atoms with Gasteiger partial charge in [-0.05, 0) is 72.1 Å². The van der Waals surface area contributed by atoms with Crippen molar-refractivity contribution in [3.05, 3.63) is 95.6 Å². The summed E-state index contributed by atoms with van der Waals surface area (Å²) in [5.74, 6) is 0.871. The maximum atomic E-state index is 12.6. The Bertz CT molecular complexity index is 1660. The van der Waals surface area contributed by atoms with Crippen LogP contribution in [0.2, 0.25) is 0 Å². The Kier molecular flexibility index (Phi) is 7.86. The smallest absolute Gasteiger partial charge is 0.255 e. The molecule has 9 heteroatoms. The van der Waals surface area contributed by atoms with E-state index in [0.717, 1.165) is 32.0 Å². The minimum absolute atomic E-state index is 0.213. The number of ether oxygens (including phenoxy) is 2. The lowest BCUT2D eigenvalue weighted by molar-refractivity contribution is 0.102. The molecule has 1 unspecified atom stereocenters. The van der Waals surface area contributed by atoms with Crippen LogP contribution >= 0.6 is 11.3 Å². The number of hydrogen-bond donors (Lipinski definition) is 4. The van der Waals surface area contributed by atoms with Gasteiger partial charge in [0.1, 0.15) is 0 Å². The lowest BCUT2D eigenvalue weighted by Crippen LogP contribution is -2.13. The Balaban J connectivity index is 1.29. The third kappa shape index (κ3) is 5.70. The number of nitrogens with two attached hydrogens (primary N) is 1. The molecular formula is C31H30N4O4S. The van der Waals surface area contributed by atoms with E-state index in [-0.39, 0.29) is 5.91 Å². The molecule has 0 bridgehead atoms. The molecule has 1 amide bonds. The maximum absolute atomic E-state index is 12.6. The van der Waals surface area contributed by atoms with Crippen molar-refractivity contribution in [3.63, 3.8) is 0 Å². The number of nitrogen functional groups attached to an aromatic ring is 1. The average molecular weight is 555 g/mol. The van der Waals surface area contributed by atoms with Crippen molar-refractivity contribution in [2.75, 3.05) is 30.6 Å². The van der Waals surface area contributed by atoms with Gasteiger partial charge < -0.3 is 30.9 Å². The van der Waals surface area contributed by atoms with Crippen LogP contribution in [0.5, 0.6) is 11.5 Å². The molecule has 1 heterocycles. The van der Waals surface area contributed by atoms with Gasteiger partial charge in [-0.3, -0.25) is 4.79 Å². The lowest BCUT2D eigenvalue weighted by atomic mass is 9.99. The number of para-hydroxylation sites is 2. The molecule has 0 spiro atoms. The first-order chi connectivity index (χ1) is 19.4. The molecule has 0 fully saturated rings. The molecule has 0 aliphatic rings. The van der Waals surface area contributed by atoms with Crippen LogP contribution in [0.25, 0.3) is 21.3 Å². The van der Waals surface area contributed by atoms with Crippen LogP contribution in [0.3, 0.4) is 0 Å². The number of benzene rings is 4. The molecule has 5 aromatic rings. The van der Waals surface area contributed by atoms with Crippen molar-refractivity contribution in [1.82, 2.24) is 4.98 Å².